The average molecular weight is 166 g/mol. The molecule has 2 saturated carbocycles. The normalized spacial score (nSPS) is 55.8. The standard InChI is InChI=1S/C9H14N2O/c10-7-6-4-1-2-5(3-4)8(6)11-9(7)12/h4-8H,1-3,10H2,(H,11,12)/t4-,5+,6-,7?,8-/m0/s1. The molecule has 5 atom stereocenters. The van der Waals surface area contributed by atoms with Crippen molar-refractivity contribution in [2.75, 3.05) is 0 Å². The van der Waals surface area contributed by atoms with Gasteiger partial charge in [0, 0.05) is 12.0 Å². The second-order valence-corrected chi connectivity index (χ2v) is 4.47. The van der Waals surface area contributed by atoms with Gasteiger partial charge in [-0.3, -0.25) is 4.79 Å². The molecule has 0 aromatic carbocycles. The predicted octanol–water partition coefficient (Wildman–Crippen LogP) is -0.142. The minimum Gasteiger partial charge on any atom is -0.351 e. The fourth-order valence-corrected chi connectivity index (χ4v) is 3.50. The van der Waals surface area contributed by atoms with Crippen molar-refractivity contribution >= 4 is 5.91 Å². The van der Waals surface area contributed by atoms with Crippen LogP contribution in [-0.4, -0.2) is 18.0 Å². The third-order valence-corrected chi connectivity index (χ3v) is 4.01. The van der Waals surface area contributed by atoms with Gasteiger partial charge in [-0.25, -0.2) is 0 Å². The molecule has 3 aliphatic rings. The van der Waals surface area contributed by atoms with Crippen LogP contribution >= 0.6 is 0 Å². The Morgan fingerprint density at radius 1 is 1.33 bits per heavy atom. The summed E-state index contributed by atoms with van der Waals surface area (Å²) >= 11 is 0. The average Bonchev–Trinajstić information content (AvgIpc) is 2.66. The number of nitrogens with one attached hydrogen (secondary N) is 1. The summed E-state index contributed by atoms with van der Waals surface area (Å²) in [5, 5.41) is 3.03. The quantitative estimate of drug-likeness (QED) is 0.526. The molecule has 2 bridgehead atoms. The summed E-state index contributed by atoms with van der Waals surface area (Å²) in [6.07, 6.45) is 3.91. The SMILES string of the molecule is NC1C(=O)N[C@H]2[C@@H]3CC[C@@H](C3)[C@@H]12. The number of rotatable bonds is 0. The van der Waals surface area contributed by atoms with Gasteiger partial charge in [-0.15, -0.1) is 0 Å². The van der Waals surface area contributed by atoms with Crippen molar-refractivity contribution in [3.8, 4) is 0 Å². The number of hydrogen-bond acceptors (Lipinski definition) is 2. The van der Waals surface area contributed by atoms with Crippen LogP contribution in [0.2, 0.25) is 0 Å². The van der Waals surface area contributed by atoms with Gasteiger partial charge in [0.1, 0.15) is 0 Å². The lowest BCUT2D eigenvalue weighted by atomic mass is 9.83. The Morgan fingerprint density at radius 2 is 2.08 bits per heavy atom. The van der Waals surface area contributed by atoms with E-state index in [0.29, 0.717) is 12.0 Å². The highest BCUT2D eigenvalue weighted by Crippen LogP contribution is 2.51. The fourth-order valence-electron chi connectivity index (χ4n) is 3.50. The first-order chi connectivity index (χ1) is 5.77. The summed E-state index contributed by atoms with van der Waals surface area (Å²) in [5.41, 5.74) is 5.84. The van der Waals surface area contributed by atoms with Gasteiger partial charge < -0.3 is 11.1 Å². The van der Waals surface area contributed by atoms with Crippen LogP contribution in [0, 0.1) is 17.8 Å². The van der Waals surface area contributed by atoms with Gasteiger partial charge in [0.15, 0.2) is 0 Å². The number of amides is 1. The number of carbonyl (C=O) groups excluding carboxylic acids is 1. The molecule has 3 nitrogen and oxygen atoms in total. The summed E-state index contributed by atoms with van der Waals surface area (Å²) in [6.45, 7) is 0. The molecular formula is C9H14N2O. The molecule has 2 aliphatic carbocycles. The molecule has 0 radical (unpaired) electrons. The maximum Gasteiger partial charge on any atom is 0.237 e. The van der Waals surface area contributed by atoms with Crippen LogP contribution in [0.15, 0.2) is 0 Å². The smallest absolute Gasteiger partial charge is 0.237 e. The number of nitrogens with two attached hydrogens (primary N) is 1. The van der Waals surface area contributed by atoms with E-state index in [9.17, 15) is 4.79 Å². The Hall–Kier alpha value is -0.570. The Kier molecular flexibility index (Phi) is 1.16. The number of fused-ring (bicyclic) bond motifs is 5. The number of carbonyl (C=O) groups is 1. The van der Waals surface area contributed by atoms with Crippen molar-refractivity contribution in [1.82, 2.24) is 5.32 Å². The summed E-state index contributed by atoms with van der Waals surface area (Å²) in [6, 6.07) is 0.233. The summed E-state index contributed by atoms with van der Waals surface area (Å²) in [5.74, 6) is 2.05. The van der Waals surface area contributed by atoms with E-state index in [2.05, 4.69) is 5.32 Å². The molecule has 0 aromatic heterocycles. The van der Waals surface area contributed by atoms with Gasteiger partial charge in [-0.05, 0) is 31.1 Å². The molecule has 0 spiro atoms. The third-order valence-electron chi connectivity index (χ3n) is 4.01. The molecule has 3 rings (SSSR count). The minimum absolute atomic E-state index is 0.0848. The zero-order chi connectivity index (χ0) is 8.29. The van der Waals surface area contributed by atoms with Crippen LogP contribution < -0.4 is 11.1 Å². The second-order valence-electron chi connectivity index (χ2n) is 4.47. The van der Waals surface area contributed by atoms with Crippen molar-refractivity contribution in [2.45, 2.75) is 31.3 Å². The lowest BCUT2D eigenvalue weighted by molar-refractivity contribution is -0.120. The molecule has 1 heterocycles. The predicted molar refractivity (Wildman–Crippen MR) is 44.2 cm³/mol. The van der Waals surface area contributed by atoms with Gasteiger partial charge in [0.25, 0.3) is 0 Å². The van der Waals surface area contributed by atoms with Crippen molar-refractivity contribution in [1.29, 1.82) is 0 Å². The van der Waals surface area contributed by atoms with Crippen LogP contribution in [-0.2, 0) is 4.79 Å². The van der Waals surface area contributed by atoms with Gasteiger partial charge in [-0.1, -0.05) is 0 Å². The molecule has 1 aliphatic heterocycles. The molecule has 3 heteroatoms. The lowest BCUT2D eigenvalue weighted by Gasteiger charge is -2.24. The topological polar surface area (TPSA) is 55.1 Å². The summed E-state index contributed by atoms with van der Waals surface area (Å²) < 4.78 is 0. The van der Waals surface area contributed by atoms with Crippen LogP contribution in [0.5, 0.6) is 0 Å². The largest absolute Gasteiger partial charge is 0.351 e. The van der Waals surface area contributed by atoms with E-state index in [1.165, 1.54) is 19.3 Å². The van der Waals surface area contributed by atoms with Crippen molar-refractivity contribution in [3.63, 3.8) is 0 Å². The van der Waals surface area contributed by atoms with Crippen molar-refractivity contribution < 1.29 is 4.79 Å². The van der Waals surface area contributed by atoms with E-state index in [-0.39, 0.29) is 11.9 Å². The Labute approximate surface area is 71.7 Å². The van der Waals surface area contributed by atoms with Crippen molar-refractivity contribution in [2.24, 2.45) is 23.5 Å². The zero-order valence-electron chi connectivity index (χ0n) is 6.99. The molecule has 0 aromatic rings. The van der Waals surface area contributed by atoms with E-state index < -0.39 is 0 Å². The van der Waals surface area contributed by atoms with Crippen LogP contribution in [0.4, 0.5) is 0 Å². The van der Waals surface area contributed by atoms with Gasteiger partial charge >= 0.3 is 0 Å². The first-order valence-electron chi connectivity index (χ1n) is 4.83. The highest BCUT2D eigenvalue weighted by Gasteiger charge is 2.55. The van der Waals surface area contributed by atoms with Gasteiger partial charge in [0.05, 0.1) is 6.04 Å². The fraction of sp³-hybridized carbons (Fsp3) is 0.889. The first kappa shape index (κ1) is 6.89. The maximum atomic E-state index is 11.3. The minimum atomic E-state index is -0.203. The van der Waals surface area contributed by atoms with E-state index in [0.717, 1.165) is 11.8 Å². The highest BCUT2D eigenvalue weighted by molar-refractivity contribution is 5.85. The van der Waals surface area contributed by atoms with E-state index in [4.69, 9.17) is 5.73 Å². The molecule has 1 saturated heterocycles. The molecule has 3 N–H and O–H groups in total. The highest BCUT2D eigenvalue weighted by atomic mass is 16.2. The number of hydrogen-bond donors (Lipinski definition) is 2. The second kappa shape index (κ2) is 2.02. The van der Waals surface area contributed by atoms with Crippen molar-refractivity contribution in [3.05, 3.63) is 0 Å². The van der Waals surface area contributed by atoms with E-state index >= 15 is 0 Å². The Balaban J connectivity index is 1.95. The molecule has 66 valence electrons. The van der Waals surface area contributed by atoms with Crippen LogP contribution in [0.1, 0.15) is 19.3 Å². The van der Waals surface area contributed by atoms with E-state index in [1.807, 2.05) is 0 Å². The Morgan fingerprint density at radius 3 is 2.83 bits per heavy atom. The van der Waals surface area contributed by atoms with Gasteiger partial charge in [-0.2, -0.15) is 0 Å². The maximum absolute atomic E-state index is 11.3. The molecule has 3 fully saturated rings. The monoisotopic (exact) mass is 166 g/mol. The van der Waals surface area contributed by atoms with Crippen LogP contribution in [0.3, 0.4) is 0 Å². The Bertz CT molecular complexity index is 241. The van der Waals surface area contributed by atoms with Gasteiger partial charge in [0.2, 0.25) is 5.91 Å². The van der Waals surface area contributed by atoms with Crippen LogP contribution in [0.25, 0.3) is 0 Å². The summed E-state index contributed by atoms with van der Waals surface area (Å²) in [4.78, 5) is 11.3. The molecule has 1 unspecified atom stereocenters. The van der Waals surface area contributed by atoms with E-state index in [1.54, 1.807) is 0 Å². The molecule has 12 heavy (non-hydrogen) atoms. The molecule has 1 amide bonds. The lowest BCUT2D eigenvalue weighted by Crippen LogP contribution is -2.37. The molecular weight excluding hydrogens is 152 g/mol. The third kappa shape index (κ3) is 0.637. The first-order valence-corrected chi connectivity index (χ1v) is 4.83. The summed E-state index contributed by atoms with van der Waals surface area (Å²) in [7, 11) is 0. The zero-order valence-corrected chi connectivity index (χ0v) is 6.99.